The average Bonchev–Trinajstić information content (AvgIpc) is 3.00. The van der Waals surface area contributed by atoms with Crippen molar-refractivity contribution in [2.45, 2.75) is 0 Å². The molecule has 0 saturated carbocycles. The molecular formula is C19H12F2N2O. The first-order chi connectivity index (χ1) is 11.6. The maximum absolute atomic E-state index is 14.1. The van der Waals surface area contributed by atoms with Gasteiger partial charge in [-0.25, -0.2) is 13.8 Å². The quantitative estimate of drug-likeness (QED) is 0.552. The Morgan fingerprint density at radius 1 is 0.917 bits per heavy atom. The van der Waals surface area contributed by atoms with Gasteiger partial charge < -0.3 is 10.1 Å². The molecule has 4 rings (SSSR count). The topological polar surface area (TPSA) is 48.9 Å². The maximum Gasteiger partial charge on any atom is 0.137 e. The second-order valence-electron chi connectivity index (χ2n) is 5.50. The van der Waals surface area contributed by atoms with Crippen molar-refractivity contribution in [1.29, 1.82) is 0 Å². The van der Waals surface area contributed by atoms with Crippen molar-refractivity contribution in [3.63, 3.8) is 0 Å². The molecule has 0 aliphatic heterocycles. The van der Waals surface area contributed by atoms with Crippen molar-refractivity contribution in [1.82, 2.24) is 9.97 Å². The number of aromatic amines is 1. The number of nitrogens with one attached hydrogen (secondary N) is 1. The minimum atomic E-state index is -0.502. The Hall–Kier alpha value is -3.21. The maximum atomic E-state index is 14.1. The zero-order valence-corrected chi connectivity index (χ0v) is 12.4. The Kier molecular flexibility index (Phi) is 3.27. The van der Waals surface area contributed by atoms with Gasteiger partial charge in [-0.05, 0) is 42.0 Å². The van der Waals surface area contributed by atoms with Crippen LogP contribution in [-0.4, -0.2) is 15.1 Å². The Morgan fingerprint density at radius 3 is 2.62 bits per heavy atom. The molecule has 4 aromatic rings. The molecule has 2 heterocycles. The lowest BCUT2D eigenvalue weighted by atomic mass is 10.0. The van der Waals surface area contributed by atoms with Gasteiger partial charge in [-0.15, -0.1) is 0 Å². The second-order valence-corrected chi connectivity index (χ2v) is 5.50. The summed E-state index contributed by atoms with van der Waals surface area (Å²) in [6, 6.07) is 12.0. The van der Waals surface area contributed by atoms with E-state index in [2.05, 4.69) is 9.97 Å². The van der Waals surface area contributed by atoms with Crippen molar-refractivity contribution in [2.75, 3.05) is 0 Å². The summed E-state index contributed by atoms with van der Waals surface area (Å²) in [6.45, 7) is 0. The molecule has 0 fully saturated rings. The summed E-state index contributed by atoms with van der Waals surface area (Å²) in [7, 11) is 0. The average molecular weight is 322 g/mol. The van der Waals surface area contributed by atoms with Gasteiger partial charge in [0.25, 0.3) is 0 Å². The molecule has 0 unspecified atom stereocenters. The molecule has 2 aromatic heterocycles. The number of halogens is 2. The summed E-state index contributed by atoms with van der Waals surface area (Å²) >= 11 is 0. The molecule has 2 N–H and O–H groups in total. The molecule has 118 valence electrons. The SMILES string of the molecule is Oc1cccc(-c2cnc3[nH]cc(-c4cc(F)ccc4F)c3c2)c1. The molecule has 24 heavy (non-hydrogen) atoms. The van der Waals surface area contributed by atoms with Crippen LogP contribution in [0.15, 0.2) is 60.9 Å². The van der Waals surface area contributed by atoms with Gasteiger partial charge >= 0.3 is 0 Å². The minimum absolute atomic E-state index is 0.151. The smallest absolute Gasteiger partial charge is 0.137 e. The van der Waals surface area contributed by atoms with E-state index in [1.54, 1.807) is 30.6 Å². The van der Waals surface area contributed by atoms with Gasteiger partial charge in [0.15, 0.2) is 0 Å². The number of hydrogen-bond donors (Lipinski definition) is 2. The lowest BCUT2D eigenvalue weighted by molar-refractivity contribution is 0.475. The van der Waals surface area contributed by atoms with E-state index in [0.717, 1.165) is 23.3 Å². The molecule has 0 radical (unpaired) electrons. The number of aromatic nitrogens is 2. The third kappa shape index (κ3) is 2.40. The lowest BCUT2D eigenvalue weighted by Crippen LogP contribution is -1.86. The lowest BCUT2D eigenvalue weighted by Gasteiger charge is -2.05. The zero-order valence-electron chi connectivity index (χ0n) is 12.4. The highest BCUT2D eigenvalue weighted by Crippen LogP contribution is 2.33. The first-order valence-electron chi connectivity index (χ1n) is 7.34. The molecular weight excluding hydrogens is 310 g/mol. The van der Waals surface area contributed by atoms with Gasteiger partial charge in [0.1, 0.15) is 23.0 Å². The monoisotopic (exact) mass is 322 g/mol. The molecule has 3 nitrogen and oxygen atoms in total. The fourth-order valence-electron chi connectivity index (χ4n) is 2.77. The highest BCUT2D eigenvalue weighted by molar-refractivity contribution is 5.96. The van der Waals surface area contributed by atoms with Gasteiger partial charge in [-0.3, -0.25) is 0 Å². The summed E-state index contributed by atoms with van der Waals surface area (Å²) in [5, 5.41) is 10.3. The molecule has 0 aliphatic carbocycles. The summed E-state index contributed by atoms with van der Waals surface area (Å²) in [5.74, 6) is -0.851. The summed E-state index contributed by atoms with van der Waals surface area (Å²) in [4.78, 5) is 7.31. The Bertz CT molecular complexity index is 1060. The zero-order chi connectivity index (χ0) is 16.7. The molecule has 0 amide bonds. The van der Waals surface area contributed by atoms with Gasteiger partial charge in [0.05, 0.1) is 0 Å². The first-order valence-corrected chi connectivity index (χ1v) is 7.34. The van der Waals surface area contributed by atoms with E-state index in [4.69, 9.17) is 0 Å². The van der Waals surface area contributed by atoms with Crippen molar-refractivity contribution >= 4 is 11.0 Å². The Morgan fingerprint density at radius 2 is 1.79 bits per heavy atom. The van der Waals surface area contributed by atoms with Crippen LogP contribution in [0.3, 0.4) is 0 Å². The highest BCUT2D eigenvalue weighted by Gasteiger charge is 2.13. The van der Waals surface area contributed by atoms with Crippen molar-refractivity contribution in [2.24, 2.45) is 0 Å². The molecule has 2 aromatic carbocycles. The number of rotatable bonds is 2. The van der Waals surface area contributed by atoms with Gasteiger partial charge in [-0.2, -0.15) is 0 Å². The summed E-state index contributed by atoms with van der Waals surface area (Å²) in [6.07, 6.45) is 3.28. The summed E-state index contributed by atoms with van der Waals surface area (Å²) in [5.41, 5.74) is 2.86. The molecule has 0 atom stereocenters. The highest BCUT2D eigenvalue weighted by atomic mass is 19.1. The van der Waals surface area contributed by atoms with Crippen LogP contribution in [0.5, 0.6) is 5.75 Å². The molecule has 0 bridgehead atoms. The molecule has 0 spiro atoms. The van der Waals surface area contributed by atoms with Gasteiger partial charge in [0, 0.05) is 34.5 Å². The van der Waals surface area contributed by atoms with E-state index in [1.807, 2.05) is 12.1 Å². The number of benzene rings is 2. The fourth-order valence-corrected chi connectivity index (χ4v) is 2.77. The van der Waals surface area contributed by atoms with E-state index in [9.17, 15) is 13.9 Å². The number of phenols is 1. The number of nitrogens with zero attached hydrogens (tertiary/aromatic N) is 1. The third-order valence-electron chi connectivity index (χ3n) is 3.93. The number of pyridine rings is 1. The van der Waals surface area contributed by atoms with Crippen LogP contribution in [0, 0.1) is 11.6 Å². The van der Waals surface area contributed by atoms with Crippen LogP contribution < -0.4 is 0 Å². The third-order valence-corrected chi connectivity index (χ3v) is 3.93. The van der Waals surface area contributed by atoms with E-state index < -0.39 is 11.6 Å². The minimum Gasteiger partial charge on any atom is -0.508 e. The van der Waals surface area contributed by atoms with E-state index in [0.29, 0.717) is 16.6 Å². The normalized spacial score (nSPS) is 11.1. The van der Waals surface area contributed by atoms with E-state index in [-0.39, 0.29) is 11.3 Å². The number of phenolic OH excluding ortho intramolecular Hbond substituents is 1. The standard InChI is InChI=1S/C19H12F2N2O/c20-13-4-5-18(21)15(8-13)17-10-23-19-16(17)7-12(9-22-19)11-2-1-3-14(24)6-11/h1-10,24H,(H,22,23). The van der Waals surface area contributed by atoms with Crippen LogP contribution in [-0.2, 0) is 0 Å². The molecule has 0 saturated heterocycles. The van der Waals surface area contributed by atoms with E-state index >= 15 is 0 Å². The van der Waals surface area contributed by atoms with Crippen molar-refractivity contribution in [3.05, 3.63) is 72.6 Å². The van der Waals surface area contributed by atoms with Crippen LogP contribution >= 0.6 is 0 Å². The van der Waals surface area contributed by atoms with Gasteiger partial charge in [0.2, 0.25) is 0 Å². The predicted octanol–water partition coefficient (Wildman–Crippen LogP) is 4.88. The van der Waals surface area contributed by atoms with Crippen molar-refractivity contribution in [3.8, 4) is 28.0 Å². The van der Waals surface area contributed by atoms with Crippen molar-refractivity contribution < 1.29 is 13.9 Å². The number of hydrogen-bond acceptors (Lipinski definition) is 2. The van der Waals surface area contributed by atoms with Crippen LogP contribution in [0.2, 0.25) is 0 Å². The number of H-pyrrole nitrogens is 1. The second kappa shape index (κ2) is 5.45. The van der Waals surface area contributed by atoms with E-state index in [1.165, 1.54) is 6.07 Å². The van der Waals surface area contributed by atoms with Gasteiger partial charge in [-0.1, -0.05) is 12.1 Å². The van der Waals surface area contributed by atoms with Crippen LogP contribution in [0.4, 0.5) is 8.78 Å². The largest absolute Gasteiger partial charge is 0.508 e. The number of aromatic hydroxyl groups is 1. The number of fused-ring (bicyclic) bond motifs is 1. The fraction of sp³-hybridized carbons (Fsp3) is 0. The Balaban J connectivity index is 1.92. The summed E-state index contributed by atoms with van der Waals surface area (Å²) < 4.78 is 27.6. The van der Waals surface area contributed by atoms with Crippen LogP contribution in [0.25, 0.3) is 33.3 Å². The molecule has 0 aliphatic rings. The van der Waals surface area contributed by atoms with Crippen LogP contribution in [0.1, 0.15) is 0 Å². The first kappa shape index (κ1) is 14.4. The Labute approximate surface area is 136 Å². The molecule has 5 heteroatoms. The predicted molar refractivity (Wildman–Crippen MR) is 88.5 cm³/mol.